The second-order valence-corrected chi connectivity index (χ2v) is 7.09. The number of rotatable bonds is 5. The van der Waals surface area contributed by atoms with Gasteiger partial charge in [0.15, 0.2) is 0 Å². The second-order valence-electron chi connectivity index (χ2n) is 6.65. The highest BCUT2D eigenvalue weighted by Gasteiger charge is 2.35. The van der Waals surface area contributed by atoms with E-state index in [-0.39, 0.29) is 6.10 Å². The van der Waals surface area contributed by atoms with E-state index in [9.17, 15) is 0 Å². The molecule has 1 aliphatic heterocycles. The lowest BCUT2D eigenvalue weighted by Crippen LogP contribution is -2.51. The van der Waals surface area contributed by atoms with Crippen molar-refractivity contribution in [3.05, 3.63) is 28.8 Å². The summed E-state index contributed by atoms with van der Waals surface area (Å²) in [5.74, 6) is 0.995. The maximum atomic E-state index is 6.04. The zero-order valence-electron chi connectivity index (χ0n) is 13.0. The van der Waals surface area contributed by atoms with E-state index in [1.165, 1.54) is 31.2 Å². The van der Waals surface area contributed by atoms with Crippen LogP contribution in [0.5, 0.6) is 5.75 Å². The fourth-order valence-corrected chi connectivity index (χ4v) is 3.88. The molecule has 1 heterocycles. The molecule has 1 saturated carbocycles. The summed E-state index contributed by atoms with van der Waals surface area (Å²) in [6.07, 6.45) is 6.49. The monoisotopic (exact) mass is 308 g/mol. The summed E-state index contributed by atoms with van der Waals surface area (Å²) in [6, 6.07) is 5.90. The van der Waals surface area contributed by atoms with Crippen molar-refractivity contribution in [2.75, 3.05) is 27.2 Å². The van der Waals surface area contributed by atoms with E-state index >= 15 is 0 Å². The highest BCUT2D eigenvalue weighted by molar-refractivity contribution is 6.30. The van der Waals surface area contributed by atoms with Gasteiger partial charge in [-0.25, -0.2) is 0 Å². The van der Waals surface area contributed by atoms with Gasteiger partial charge >= 0.3 is 0 Å². The molecule has 1 aromatic rings. The summed E-state index contributed by atoms with van der Waals surface area (Å²) in [4.78, 5) is 2.40. The largest absolute Gasteiger partial charge is 0.488 e. The van der Waals surface area contributed by atoms with Crippen LogP contribution < -0.4 is 10.1 Å². The Kier molecular flexibility index (Phi) is 4.43. The van der Waals surface area contributed by atoms with Crippen molar-refractivity contribution in [1.82, 2.24) is 10.2 Å². The number of nitrogens with one attached hydrogen (secondary N) is 1. The van der Waals surface area contributed by atoms with Crippen LogP contribution in [0.4, 0.5) is 0 Å². The molecule has 3 rings (SSSR count). The third-order valence-electron chi connectivity index (χ3n) is 5.07. The van der Waals surface area contributed by atoms with Crippen LogP contribution in [-0.2, 0) is 6.42 Å². The van der Waals surface area contributed by atoms with Crippen molar-refractivity contribution in [1.29, 1.82) is 0 Å². The molecule has 1 fully saturated rings. The van der Waals surface area contributed by atoms with Crippen molar-refractivity contribution in [2.24, 2.45) is 0 Å². The number of likely N-dealkylation sites (N-methyl/N-ethyl adjacent to an activating group) is 1. The van der Waals surface area contributed by atoms with Crippen LogP contribution in [-0.4, -0.2) is 43.7 Å². The van der Waals surface area contributed by atoms with Gasteiger partial charge in [-0.3, -0.25) is 0 Å². The molecule has 2 aliphatic rings. The fourth-order valence-electron chi connectivity index (χ4n) is 3.68. The van der Waals surface area contributed by atoms with E-state index < -0.39 is 0 Å². The predicted octanol–water partition coefficient (Wildman–Crippen LogP) is 3.11. The lowest BCUT2D eigenvalue weighted by Gasteiger charge is -2.37. The summed E-state index contributed by atoms with van der Waals surface area (Å²) in [6.45, 7) is 1.96. The molecule has 0 aromatic heterocycles. The topological polar surface area (TPSA) is 24.5 Å². The van der Waals surface area contributed by atoms with Crippen LogP contribution in [0.15, 0.2) is 18.2 Å². The Hall–Kier alpha value is -0.770. The van der Waals surface area contributed by atoms with E-state index in [1.54, 1.807) is 0 Å². The number of nitrogens with zero attached hydrogens (tertiary/aromatic N) is 1. The zero-order valence-corrected chi connectivity index (χ0v) is 13.7. The van der Waals surface area contributed by atoms with E-state index in [2.05, 4.69) is 24.3 Å². The van der Waals surface area contributed by atoms with Crippen LogP contribution in [0.25, 0.3) is 0 Å². The first-order valence-corrected chi connectivity index (χ1v) is 8.30. The normalized spacial score (nSPS) is 23.3. The molecule has 1 aromatic carbocycles. The van der Waals surface area contributed by atoms with Gasteiger partial charge in [-0.15, -0.1) is 0 Å². The quantitative estimate of drug-likeness (QED) is 0.904. The molecule has 21 heavy (non-hydrogen) atoms. The number of fused-ring (bicyclic) bond motifs is 1. The van der Waals surface area contributed by atoms with E-state index in [0.717, 1.165) is 30.3 Å². The van der Waals surface area contributed by atoms with Crippen molar-refractivity contribution in [2.45, 2.75) is 43.7 Å². The van der Waals surface area contributed by atoms with Crippen molar-refractivity contribution >= 4 is 11.6 Å². The molecular weight excluding hydrogens is 284 g/mol. The van der Waals surface area contributed by atoms with Crippen LogP contribution in [0.2, 0.25) is 5.02 Å². The van der Waals surface area contributed by atoms with Gasteiger partial charge in [-0.05, 0) is 50.7 Å². The van der Waals surface area contributed by atoms with Crippen LogP contribution >= 0.6 is 11.6 Å². The molecule has 1 aliphatic carbocycles. The number of benzene rings is 1. The molecule has 0 bridgehead atoms. The Balaban J connectivity index is 1.51. The molecule has 1 unspecified atom stereocenters. The fraction of sp³-hybridized carbons (Fsp3) is 0.647. The number of hydrogen-bond acceptors (Lipinski definition) is 3. The molecule has 1 N–H and O–H groups in total. The van der Waals surface area contributed by atoms with Crippen LogP contribution in [0.3, 0.4) is 0 Å². The maximum Gasteiger partial charge on any atom is 0.123 e. The highest BCUT2D eigenvalue weighted by Crippen LogP contribution is 2.34. The molecule has 1 atom stereocenters. The van der Waals surface area contributed by atoms with E-state index in [0.29, 0.717) is 5.54 Å². The van der Waals surface area contributed by atoms with E-state index in [1.807, 2.05) is 18.2 Å². The summed E-state index contributed by atoms with van der Waals surface area (Å²) in [5.41, 5.74) is 1.58. The molecule has 4 heteroatoms. The Morgan fingerprint density at radius 2 is 2.10 bits per heavy atom. The minimum atomic E-state index is 0.235. The Morgan fingerprint density at radius 1 is 1.33 bits per heavy atom. The first-order valence-electron chi connectivity index (χ1n) is 7.92. The SMILES string of the molecule is CN(C)C1(CNCC2Cc3cc(Cl)ccc3O2)CCCC1. The van der Waals surface area contributed by atoms with Crippen molar-refractivity contribution in [3.8, 4) is 5.75 Å². The summed E-state index contributed by atoms with van der Waals surface area (Å²) in [7, 11) is 4.41. The molecule has 0 radical (unpaired) electrons. The van der Waals surface area contributed by atoms with Crippen LogP contribution in [0.1, 0.15) is 31.2 Å². The highest BCUT2D eigenvalue weighted by atomic mass is 35.5. The lowest BCUT2D eigenvalue weighted by molar-refractivity contribution is 0.145. The molecule has 0 saturated heterocycles. The van der Waals surface area contributed by atoms with Gasteiger partial charge < -0.3 is 15.0 Å². The summed E-state index contributed by atoms with van der Waals surface area (Å²) < 4.78 is 5.99. The third kappa shape index (κ3) is 3.20. The predicted molar refractivity (Wildman–Crippen MR) is 87.3 cm³/mol. The number of ether oxygens (including phenoxy) is 1. The van der Waals surface area contributed by atoms with Crippen molar-refractivity contribution in [3.63, 3.8) is 0 Å². The third-order valence-corrected chi connectivity index (χ3v) is 5.31. The molecule has 0 spiro atoms. The van der Waals surface area contributed by atoms with Gasteiger partial charge in [0.2, 0.25) is 0 Å². The van der Waals surface area contributed by atoms with Gasteiger partial charge in [0.05, 0.1) is 0 Å². The Labute approximate surface area is 132 Å². The average molecular weight is 309 g/mol. The van der Waals surface area contributed by atoms with Gasteiger partial charge in [-0.2, -0.15) is 0 Å². The number of hydrogen-bond donors (Lipinski definition) is 1. The van der Waals surface area contributed by atoms with E-state index in [4.69, 9.17) is 16.3 Å². The van der Waals surface area contributed by atoms with Crippen molar-refractivity contribution < 1.29 is 4.74 Å². The first-order chi connectivity index (χ1) is 10.1. The van der Waals surface area contributed by atoms with Gasteiger partial charge in [0, 0.05) is 30.1 Å². The summed E-state index contributed by atoms with van der Waals surface area (Å²) in [5, 5.41) is 4.44. The zero-order chi connectivity index (χ0) is 14.9. The van der Waals surface area contributed by atoms with Gasteiger partial charge in [0.25, 0.3) is 0 Å². The molecule has 0 amide bonds. The van der Waals surface area contributed by atoms with Gasteiger partial charge in [0.1, 0.15) is 11.9 Å². The summed E-state index contributed by atoms with van der Waals surface area (Å²) >= 11 is 6.04. The maximum absolute atomic E-state index is 6.04. The molecule has 3 nitrogen and oxygen atoms in total. The van der Waals surface area contributed by atoms with Gasteiger partial charge in [-0.1, -0.05) is 24.4 Å². The standard InChI is InChI=1S/C17H25ClN2O/c1-20(2)17(7-3-4-8-17)12-19-11-15-10-13-9-14(18)5-6-16(13)21-15/h5-6,9,15,19H,3-4,7-8,10-12H2,1-2H3. The smallest absolute Gasteiger partial charge is 0.123 e. The minimum absolute atomic E-state index is 0.235. The molecular formula is C17H25ClN2O. The number of halogens is 1. The average Bonchev–Trinajstić information content (AvgIpc) is 3.05. The first kappa shape index (κ1) is 15.1. The minimum Gasteiger partial charge on any atom is -0.488 e. The molecule has 116 valence electrons. The van der Waals surface area contributed by atoms with Crippen LogP contribution in [0, 0.1) is 0 Å². The lowest BCUT2D eigenvalue weighted by atomic mass is 9.96. The Morgan fingerprint density at radius 3 is 2.81 bits per heavy atom. The second kappa shape index (κ2) is 6.15. The Bertz CT molecular complexity index is 498.